The summed E-state index contributed by atoms with van der Waals surface area (Å²) in [4.78, 5) is 11.6. The van der Waals surface area contributed by atoms with Gasteiger partial charge in [-0.2, -0.15) is 10.2 Å². The number of fused-ring (bicyclic) bond motifs is 1. The fraction of sp³-hybridized carbons (Fsp3) is 0.535. The first-order valence-electron chi connectivity index (χ1n) is 19.6. The van der Waals surface area contributed by atoms with Crippen LogP contribution in [0.2, 0.25) is 0 Å². The van der Waals surface area contributed by atoms with Crippen molar-refractivity contribution in [2.45, 2.75) is 98.7 Å². The van der Waals surface area contributed by atoms with Crippen molar-refractivity contribution in [1.29, 1.82) is 0 Å². The van der Waals surface area contributed by atoms with E-state index in [2.05, 4.69) is 73.3 Å². The first-order valence-corrected chi connectivity index (χ1v) is 19.6. The van der Waals surface area contributed by atoms with E-state index in [4.69, 9.17) is 15.6 Å². The first kappa shape index (κ1) is 41.7. The summed E-state index contributed by atoms with van der Waals surface area (Å²) in [5, 5.41) is 14.7. The summed E-state index contributed by atoms with van der Waals surface area (Å²) in [7, 11) is 1.93. The van der Waals surface area contributed by atoms with Gasteiger partial charge >= 0.3 is 0 Å². The molecular formula is C43H61F2N9O. The van der Waals surface area contributed by atoms with Crippen molar-refractivity contribution in [3.8, 4) is 11.1 Å². The molecule has 0 bridgehead atoms. The monoisotopic (exact) mass is 757 g/mol. The maximum Gasteiger partial charge on any atom is 0.264 e. The van der Waals surface area contributed by atoms with Crippen molar-refractivity contribution in [3.63, 3.8) is 0 Å². The van der Waals surface area contributed by atoms with E-state index in [0.717, 1.165) is 71.3 Å². The number of nitrogens with one attached hydrogen (secondary N) is 1. The molecule has 0 aliphatic carbocycles. The molecule has 2 aromatic heterocycles. The maximum atomic E-state index is 15.5. The molecule has 1 unspecified atom stereocenters. The maximum absolute atomic E-state index is 15.5. The second-order valence-corrected chi connectivity index (χ2v) is 16.3. The standard InChI is InChI=1S/C43H61F2N9O/c1-28(2)41(43(5,6)7)50-23-31(51-46)25-53-26-37(36-24-49-17-12-39(36)53)34-21-30(11-10-16-47-8)33(22-35(34)42(44)45)38-27-52(29(3)4)18-13-40(38)54(48-9)32-14-19-55-20-15-32/h12,17,21-24,26,28,32,41-42,47H,3,9-11,13-16,18-20,25,27,46H2,1-2,4-8H3/b50-23?,51-31+. The number of pyridine rings is 1. The zero-order chi connectivity index (χ0) is 39.9. The minimum atomic E-state index is -2.73. The summed E-state index contributed by atoms with van der Waals surface area (Å²) >= 11 is 0. The van der Waals surface area contributed by atoms with Crippen LogP contribution in [0.3, 0.4) is 0 Å². The molecular weight excluding hydrogens is 697 g/mol. The number of rotatable bonds is 16. The molecule has 10 nitrogen and oxygen atoms in total. The molecule has 5 rings (SSSR count). The van der Waals surface area contributed by atoms with E-state index in [-0.39, 0.29) is 23.1 Å². The van der Waals surface area contributed by atoms with Gasteiger partial charge in [0.1, 0.15) is 0 Å². The highest BCUT2D eigenvalue weighted by Gasteiger charge is 2.32. The molecule has 3 N–H and O–H groups in total. The van der Waals surface area contributed by atoms with Gasteiger partial charge in [0.25, 0.3) is 6.43 Å². The fourth-order valence-electron chi connectivity index (χ4n) is 8.28. The molecule has 1 atom stereocenters. The predicted octanol–water partition coefficient (Wildman–Crippen LogP) is 8.30. The topological polar surface area (TPSA) is 109 Å². The van der Waals surface area contributed by atoms with Gasteiger partial charge in [-0.05, 0) is 92.4 Å². The molecule has 12 heteroatoms. The van der Waals surface area contributed by atoms with Gasteiger partial charge in [0.2, 0.25) is 0 Å². The second-order valence-electron chi connectivity index (χ2n) is 16.3. The van der Waals surface area contributed by atoms with E-state index in [1.54, 1.807) is 24.7 Å². The number of halogens is 2. The van der Waals surface area contributed by atoms with E-state index in [1.165, 1.54) is 0 Å². The van der Waals surface area contributed by atoms with Gasteiger partial charge in [0, 0.05) is 97.7 Å². The lowest BCUT2D eigenvalue weighted by molar-refractivity contribution is 0.0449. The Labute approximate surface area is 326 Å². The van der Waals surface area contributed by atoms with Gasteiger partial charge in [0.05, 0.1) is 29.9 Å². The molecule has 2 aliphatic rings. The molecule has 0 radical (unpaired) electrons. The van der Waals surface area contributed by atoms with Gasteiger partial charge in [-0.15, -0.1) is 0 Å². The highest BCUT2D eigenvalue weighted by atomic mass is 19.3. The number of aliphatic imine (C=N–C) groups is 1. The third kappa shape index (κ3) is 9.70. The van der Waals surface area contributed by atoms with Gasteiger partial charge in [-0.3, -0.25) is 15.0 Å². The third-order valence-corrected chi connectivity index (χ3v) is 10.9. The number of aromatic nitrogens is 2. The zero-order valence-electron chi connectivity index (χ0n) is 33.9. The summed E-state index contributed by atoms with van der Waals surface area (Å²) in [6.45, 7) is 24.8. The van der Waals surface area contributed by atoms with Crippen molar-refractivity contribution in [3.05, 3.63) is 71.5 Å². The van der Waals surface area contributed by atoms with Gasteiger partial charge in [-0.25, -0.2) is 8.78 Å². The Morgan fingerprint density at radius 3 is 2.55 bits per heavy atom. The Kier molecular flexibility index (Phi) is 14.0. The number of benzene rings is 1. The molecule has 298 valence electrons. The number of nitrogens with two attached hydrogens (primary N) is 1. The number of nitrogens with zero attached hydrogens (tertiary/aromatic N) is 7. The Morgan fingerprint density at radius 1 is 1.18 bits per heavy atom. The largest absolute Gasteiger partial charge is 0.381 e. The molecule has 0 spiro atoms. The number of allylic oxidation sites excluding steroid dienone is 1. The molecule has 1 fully saturated rings. The van der Waals surface area contributed by atoms with Crippen LogP contribution in [0.25, 0.3) is 27.6 Å². The SMILES string of the molecule is C=NN(C1=C(c2cc(C(F)F)c(-c3cn(C/C(C=NC(C(C)C)C(C)(C)C)=N/N)c4ccncc34)cc2CCCNC)CN(C(=C)C)CC1)C1CCOCC1. The number of hydrazone groups is 2. The van der Waals surface area contributed by atoms with Crippen LogP contribution in [0, 0.1) is 11.3 Å². The van der Waals surface area contributed by atoms with Crippen LogP contribution in [-0.2, 0) is 17.7 Å². The van der Waals surface area contributed by atoms with E-state index in [1.807, 2.05) is 41.9 Å². The average molecular weight is 758 g/mol. The number of alkyl halides is 2. The Balaban J connectivity index is 1.68. The van der Waals surface area contributed by atoms with Crippen LogP contribution in [0.4, 0.5) is 8.78 Å². The summed E-state index contributed by atoms with van der Waals surface area (Å²) in [5.74, 6) is 6.25. The number of ether oxygens (including phenoxy) is 1. The van der Waals surface area contributed by atoms with Crippen LogP contribution in [0.1, 0.15) is 90.3 Å². The van der Waals surface area contributed by atoms with Gasteiger partial charge < -0.3 is 25.4 Å². The summed E-state index contributed by atoms with van der Waals surface area (Å²) in [5.41, 5.74) is 7.30. The fourth-order valence-corrected chi connectivity index (χ4v) is 8.28. The van der Waals surface area contributed by atoms with Crippen molar-refractivity contribution in [1.82, 2.24) is 24.8 Å². The first-order chi connectivity index (χ1) is 26.3. The molecule has 1 saturated heterocycles. The number of aryl methyl sites for hydroxylation is 1. The van der Waals surface area contributed by atoms with Crippen molar-refractivity contribution in [2.75, 3.05) is 39.9 Å². The van der Waals surface area contributed by atoms with E-state index < -0.39 is 6.43 Å². The predicted molar refractivity (Wildman–Crippen MR) is 224 cm³/mol. The quantitative estimate of drug-likeness (QED) is 0.0659. The summed E-state index contributed by atoms with van der Waals surface area (Å²) in [6, 6.07) is 5.81. The molecule has 1 aromatic carbocycles. The normalized spacial score (nSPS) is 16.9. The van der Waals surface area contributed by atoms with Crippen molar-refractivity contribution < 1.29 is 13.5 Å². The number of hydrogen-bond donors (Lipinski definition) is 2. The van der Waals surface area contributed by atoms with Crippen LogP contribution in [-0.4, -0.2) is 90.1 Å². The van der Waals surface area contributed by atoms with E-state index >= 15 is 8.78 Å². The Morgan fingerprint density at radius 2 is 1.93 bits per heavy atom. The number of hydrogen-bond acceptors (Lipinski definition) is 9. The molecule has 55 heavy (non-hydrogen) atoms. The minimum Gasteiger partial charge on any atom is -0.381 e. The summed E-state index contributed by atoms with van der Waals surface area (Å²) < 4.78 is 38.8. The smallest absolute Gasteiger partial charge is 0.264 e. The molecule has 4 heterocycles. The highest BCUT2D eigenvalue weighted by Crippen LogP contribution is 2.42. The van der Waals surface area contributed by atoms with E-state index in [9.17, 15) is 0 Å². The second kappa shape index (κ2) is 18.5. The Hall–Kier alpha value is -4.42. The van der Waals surface area contributed by atoms with Crippen molar-refractivity contribution in [2.24, 2.45) is 32.4 Å². The molecule has 0 amide bonds. The van der Waals surface area contributed by atoms with Crippen LogP contribution in [0.5, 0.6) is 0 Å². The van der Waals surface area contributed by atoms with Crippen molar-refractivity contribution >= 4 is 35.1 Å². The van der Waals surface area contributed by atoms with Gasteiger partial charge in [0.15, 0.2) is 0 Å². The summed E-state index contributed by atoms with van der Waals surface area (Å²) in [6.07, 6.45) is 8.29. The lowest BCUT2D eigenvalue weighted by atomic mass is 9.81. The molecule has 3 aromatic rings. The van der Waals surface area contributed by atoms with Crippen LogP contribution in [0.15, 0.2) is 70.0 Å². The minimum absolute atomic E-state index is 0.0297. The molecule has 2 aliphatic heterocycles. The Bertz CT molecular complexity index is 1900. The lowest BCUT2D eigenvalue weighted by Gasteiger charge is -2.40. The van der Waals surface area contributed by atoms with Crippen LogP contribution < -0.4 is 11.2 Å². The zero-order valence-corrected chi connectivity index (χ0v) is 33.9. The molecule has 0 saturated carbocycles. The van der Waals surface area contributed by atoms with E-state index in [0.29, 0.717) is 61.9 Å². The van der Waals surface area contributed by atoms with Gasteiger partial charge in [-0.1, -0.05) is 41.2 Å². The highest BCUT2D eigenvalue weighted by molar-refractivity contribution is 6.30. The lowest BCUT2D eigenvalue weighted by Crippen LogP contribution is -2.40. The average Bonchev–Trinajstić information content (AvgIpc) is 3.52. The third-order valence-electron chi connectivity index (χ3n) is 10.9. The van der Waals surface area contributed by atoms with Crippen LogP contribution >= 0.6 is 0 Å².